The van der Waals surface area contributed by atoms with Crippen LogP contribution in [0.15, 0.2) is 46.9 Å². The lowest BCUT2D eigenvalue weighted by Crippen LogP contribution is -2.30. The van der Waals surface area contributed by atoms with Crippen LogP contribution in [-0.4, -0.2) is 31.1 Å². The topological polar surface area (TPSA) is 58.6 Å². The number of carbonyl (C=O) groups excluding carboxylic acids is 2. The van der Waals surface area contributed by atoms with Crippen molar-refractivity contribution in [2.75, 3.05) is 23.4 Å². The number of nitrogens with one attached hydrogen (secondary N) is 1. The zero-order chi connectivity index (χ0) is 20.0. The standard InChI is InChI=1S/C20H22BrFN2O3/c1-4-24(13(2)3)16-8-6-15(7-9-16)23-19(25)12-27-20(26)17-11-14(22)5-10-18(17)21/h5-11,13H,4,12H2,1-3H3,(H,23,25). The van der Waals surface area contributed by atoms with Gasteiger partial charge >= 0.3 is 5.97 Å². The molecule has 2 aromatic carbocycles. The van der Waals surface area contributed by atoms with E-state index in [2.05, 4.69) is 46.9 Å². The molecule has 2 aromatic rings. The molecule has 0 spiro atoms. The van der Waals surface area contributed by atoms with Gasteiger partial charge in [0, 0.05) is 28.4 Å². The minimum atomic E-state index is -0.776. The summed E-state index contributed by atoms with van der Waals surface area (Å²) < 4.78 is 18.6. The van der Waals surface area contributed by atoms with Crippen molar-refractivity contribution < 1.29 is 18.7 Å². The third-order valence-corrected chi connectivity index (χ3v) is 4.62. The van der Waals surface area contributed by atoms with Crippen molar-refractivity contribution in [3.63, 3.8) is 0 Å². The Kier molecular flexibility index (Phi) is 7.36. The second-order valence-electron chi connectivity index (χ2n) is 6.18. The molecule has 7 heteroatoms. The van der Waals surface area contributed by atoms with Gasteiger partial charge in [-0.25, -0.2) is 9.18 Å². The summed E-state index contributed by atoms with van der Waals surface area (Å²) in [4.78, 5) is 26.2. The summed E-state index contributed by atoms with van der Waals surface area (Å²) in [5.74, 6) is -1.81. The van der Waals surface area contributed by atoms with E-state index in [4.69, 9.17) is 4.74 Å². The molecule has 27 heavy (non-hydrogen) atoms. The Morgan fingerprint density at radius 2 is 1.85 bits per heavy atom. The summed E-state index contributed by atoms with van der Waals surface area (Å²) in [6.45, 7) is 6.74. The first-order chi connectivity index (χ1) is 12.8. The third kappa shape index (κ3) is 5.79. The van der Waals surface area contributed by atoms with Gasteiger partial charge in [0.25, 0.3) is 5.91 Å². The van der Waals surface area contributed by atoms with Crippen LogP contribution in [0.1, 0.15) is 31.1 Å². The molecule has 5 nitrogen and oxygen atoms in total. The Bertz CT molecular complexity index is 809. The summed E-state index contributed by atoms with van der Waals surface area (Å²) in [6, 6.07) is 11.5. The van der Waals surface area contributed by atoms with Crippen molar-refractivity contribution in [2.45, 2.75) is 26.8 Å². The molecular formula is C20H22BrFN2O3. The van der Waals surface area contributed by atoms with Crippen molar-refractivity contribution in [3.8, 4) is 0 Å². The zero-order valence-corrected chi connectivity index (χ0v) is 17.0. The van der Waals surface area contributed by atoms with Crippen LogP contribution in [0.25, 0.3) is 0 Å². The van der Waals surface area contributed by atoms with E-state index in [0.717, 1.165) is 18.3 Å². The van der Waals surface area contributed by atoms with Crippen LogP contribution in [0.3, 0.4) is 0 Å². The van der Waals surface area contributed by atoms with Gasteiger partial charge in [0.2, 0.25) is 0 Å². The Balaban J connectivity index is 1.92. The maximum absolute atomic E-state index is 13.2. The zero-order valence-electron chi connectivity index (χ0n) is 15.5. The first kappa shape index (κ1) is 20.9. The fourth-order valence-electron chi connectivity index (χ4n) is 2.64. The van der Waals surface area contributed by atoms with Crippen LogP contribution < -0.4 is 10.2 Å². The number of rotatable bonds is 7. The fraction of sp³-hybridized carbons (Fsp3) is 0.300. The number of carbonyl (C=O) groups is 2. The monoisotopic (exact) mass is 436 g/mol. The number of ether oxygens (including phenoxy) is 1. The maximum atomic E-state index is 13.2. The molecule has 0 unspecified atom stereocenters. The quantitative estimate of drug-likeness (QED) is 0.643. The molecule has 0 aliphatic carbocycles. The molecule has 0 saturated carbocycles. The van der Waals surface area contributed by atoms with E-state index in [1.54, 1.807) is 12.1 Å². The number of hydrogen-bond acceptors (Lipinski definition) is 4. The molecule has 1 amide bonds. The van der Waals surface area contributed by atoms with Crippen LogP contribution in [0.2, 0.25) is 0 Å². The Morgan fingerprint density at radius 1 is 1.19 bits per heavy atom. The van der Waals surface area contributed by atoms with Crippen molar-refractivity contribution >= 4 is 39.2 Å². The van der Waals surface area contributed by atoms with Crippen molar-refractivity contribution in [1.29, 1.82) is 0 Å². The van der Waals surface area contributed by atoms with E-state index in [1.807, 2.05) is 12.1 Å². The van der Waals surface area contributed by atoms with Gasteiger partial charge < -0.3 is 15.0 Å². The normalized spacial score (nSPS) is 10.6. The highest BCUT2D eigenvalue weighted by molar-refractivity contribution is 9.10. The molecule has 0 bridgehead atoms. The largest absolute Gasteiger partial charge is 0.452 e. The molecule has 0 aliphatic heterocycles. The molecule has 144 valence electrons. The lowest BCUT2D eigenvalue weighted by atomic mass is 10.2. The molecule has 2 rings (SSSR count). The summed E-state index contributed by atoms with van der Waals surface area (Å²) in [7, 11) is 0. The van der Waals surface area contributed by atoms with Gasteiger partial charge in [-0.05, 0) is 79.2 Å². The Labute approximate surface area is 166 Å². The second-order valence-corrected chi connectivity index (χ2v) is 7.03. The van der Waals surface area contributed by atoms with Crippen LogP contribution in [-0.2, 0) is 9.53 Å². The fourth-order valence-corrected chi connectivity index (χ4v) is 3.05. The number of halogens is 2. The van der Waals surface area contributed by atoms with Gasteiger partial charge in [0.05, 0.1) is 5.56 Å². The Morgan fingerprint density at radius 3 is 2.44 bits per heavy atom. The van der Waals surface area contributed by atoms with Crippen LogP contribution in [0.5, 0.6) is 0 Å². The molecule has 0 heterocycles. The van der Waals surface area contributed by atoms with Crippen LogP contribution in [0.4, 0.5) is 15.8 Å². The highest BCUT2D eigenvalue weighted by Gasteiger charge is 2.15. The summed E-state index contributed by atoms with van der Waals surface area (Å²) in [6.07, 6.45) is 0. The van der Waals surface area contributed by atoms with E-state index in [-0.39, 0.29) is 5.56 Å². The van der Waals surface area contributed by atoms with Gasteiger partial charge in [0.15, 0.2) is 6.61 Å². The minimum Gasteiger partial charge on any atom is -0.452 e. The summed E-state index contributed by atoms with van der Waals surface area (Å²) >= 11 is 3.15. The smallest absolute Gasteiger partial charge is 0.339 e. The third-order valence-electron chi connectivity index (χ3n) is 3.93. The molecule has 1 N–H and O–H groups in total. The second kappa shape index (κ2) is 9.50. The first-order valence-corrected chi connectivity index (χ1v) is 9.39. The number of esters is 1. The minimum absolute atomic E-state index is 0.0282. The predicted octanol–water partition coefficient (Wildman–Crippen LogP) is 4.62. The van der Waals surface area contributed by atoms with Crippen LogP contribution >= 0.6 is 15.9 Å². The van der Waals surface area contributed by atoms with Gasteiger partial charge in [-0.15, -0.1) is 0 Å². The van der Waals surface area contributed by atoms with E-state index in [9.17, 15) is 14.0 Å². The van der Waals surface area contributed by atoms with E-state index in [1.165, 1.54) is 12.1 Å². The highest BCUT2D eigenvalue weighted by atomic mass is 79.9. The Hall–Kier alpha value is -2.41. The molecule has 0 saturated heterocycles. The van der Waals surface area contributed by atoms with E-state index >= 15 is 0 Å². The van der Waals surface area contributed by atoms with Gasteiger partial charge in [0.1, 0.15) is 5.82 Å². The van der Waals surface area contributed by atoms with E-state index < -0.39 is 24.3 Å². The highest BCUT2D eigenvalue weighted by Crippen LogP contribution is 2.20. The van der Waals surface area contributed by atoms with Crippen LogP contribution in [0, 0.1) is 5.82 Å². The number of benzene rings is 2. The number of amides is 1. The predicted molar refractivity (Wildman–Crippen MR) is 108 cm³/mol. The average molecular weight is 437 g/mol. The lowest BCUT2D eigenvalue weighted by molar-refractivity contribution is -0.119. The summed E-state index contributed by atoms with van der Waals surface area (Å²) in [5, 5.41) is 2.67. The van der Waals surface area contributed by atoms with Crippen molar-refractivity contribution in [2.24, 2.45) is 0 Å². The number of hydrogen-bond donors (Lipinski definition) is 1. The first-order valence-electron chi connectivity index (χ1n) is 8.60. The number of anilines is 2. The SMILES string of the molecule is CCN(c1ccc(NC(=O)COC(=O)c2cc(F)ccc2Br)cc1)C(C)C. The average Bonchev–Trinajstić information content (AvgIpc) is 2.63. The molecular weight excluding hydrogens is 415 g/mol. The molecule has 0 radical (unpaired) electrons. The lowest BCUT2D eigenvalue weighted by Gasteiger charge is -2.27. The summed E-state index contributed by atoms with van der Waals surface area (Å²) in [5.41, 5.74) is 1.69. The van der Waals surface area contributed by atoms with Gasteiger partial charge in [-0.2, -0.15) is 0 Å². The molecule has 0 fully saturated rings. The van der Waals surface area contributed by atoms with Gasteiger partial charge in [-0.3, -0.25) is 4.79 Å². The van der Waals surface area contributed by atoms with Gasteiger partial charge in [-0.1, -0.05) is 0 Å². The molecule has 0 atom stereocenters. The van der Waals surface area contributed by atoms with Crippen molar-refractivity contribution in [1.82, 2.24) is 0 Å². The number of nitrogens with zero attached hydrogens (tertiary/aromatic N) is 1. The maximum Gasteiger partial charge on any atom is 0.339 e. The molecule has 0 aliphatic rings. The molecule has 0 aromatic heterocycles. The van der Waals surface area contributed by atoms with Crippen molar-refractivity contribution in [3.05, 3.63) is 58.3 Å². The van der Waals surface area contributed by atoms with E-state index in [0.29, 0.717) is 16.2 Å².